The summed E-state index contributed by atoms with van der Waals surface area (Å²) in [6, 6.07) is 1.22. The SMILES string of the molecule is CN1CCCC2CN(Cn3nc(CO)n(C4CC4)c3=S)CCC21. The minimum Gasteiger partial charge on any atom is -0.388 e. The fourth-order valence-electron chi connectivity index (χ4n) is 4.41. The molecule has 3 aliphatic rings. The Morgan fingerprint density at radius 1 is 1.22 bits per heavy atom. The van der Waals surface area contributed by atoms with E-state index in [1.165, 1.54) is 25.8 Å². The van der Waals surface area contributed by atoms with E-state index in [-0.39, 0.29) is 6.61 Å². The molecule has 3 heterocycles. The number of fused-ring (bicyclic) bond motifs is 1. The van der Waals surface area contributed by atoms with Crippen LogP contribution in [-0.2, 0) is 13.3 Å². The van der Waals surface area contributed by atoms with Gasteiger partial charge in [0.05, 0.1) is 6.67 Å². The second kappa shape index (κ2) is 6.27. The summed E-state index contributed by atoms with van der Waals surface area (Å²) in [5, 5.41) is 14.1. The standard InChI is InChI=1S/C16H27N5OS/c1-18-7-2-3-12-9-19(8-6-14(12)18)11-20-16(23)21(13-4-5-13)15(10-22)17-20/h12-14,22H,2-11H2,1H3. The quantitative estimate of drug-likeness (QED) is 0.846. The summed E-state index contributed by atoms with van der Waals surface area (Å²) in [6.45, 7) is 4.23. The minimum atomic E-state index is -0.0252. The Balaban J connectivity index is 1.47. The maximum absolute atomic E-state index is 9.56. The molecule has 128 valence electrons. The normalized spacial score (nSPS) is 29.7. The van der Waals surface area contributed by atoms with Crippen LogP contribution in [0.2, 0.25) is 0 Å². The first-order valence-electron chi connectivity index (χ1n) is 8.89. The zero-order chi connectivity index (χ0) is 16.0. The van der Waals surface area contributed by atoms with E-state index in [9.17, 15) is 5.11 Å². The number of piperidine rings is 2. The number of hydrogen-bond acceptors (Lipinski definition) is 5. The Bertz CT molecular complexity index is 622. The van der Waals surface area contributed by atoms with Gasteiger partial charge in [-0.15, -0.1) is 0 Å². The predicted molar refractivity (Wildman–Crippen MR) is 90.6 cm³/mol. The number of aromatic nitrogens is 3. The lowest BCUT2D eigenvalue weighted by atomic mass is 9.84. The molecule has 2 unspecified atom stereocenters. The van der Waals surface area contributed by atoms with Gasteiger partial charge >= 0.3 is 0 Å². The van der Waals surface area contributed by atoms with Gasteiger partial charge in [-0.1, -0.05) is 0 Å². The van der Waals surface area contributed by atoms with Crippen LogP contribution in [0.25, 0.3) is 0 Å². The third kappa shape index (κ3) is 2.99. The van der Waals surface area contributed by atoms with Gasteiger partial charge in [0.15, 0.2) is 10.6 Å². The Hall–Kier alpha value is -0.760. The van der Waals surface area contributed by atoms with E-state index in [0.717, 1.165) is 55.2 Å². The van der Waals surface area contributed by atoms with Crippen LogP contribution >= 0.6 is 12.2 Å². The van der Waals surface area contributed by atoms with Crippen molar-refractivity contribution in [3.63, 3.8) is 0 Å². The molecule has 0 radical (unpaired) electrons. The van der Waals surface area contributed by atoms with Crippen LogP contribution in [0.15, 0.2) is 0 Å². The molecule has 0 aromatic carbocycles. The largest absolute Gasteiger partial charge is 0.388 e. The molecule has 1 aromatic heterocycles. The van der Waals surface area contributed by atoms with Gasteiger partial charge in [-0.25, -0.2) is 4.68 Å². The van der Waals surface area contributed by atoms with Crippen LogP contribution in [0, 0.1) is 10.7 Å². The van der Waals surface area contributed by atoms with Gasteiger partial charge < -0.3 is 10.0 Å². The molecule has 0 bridgehead atoms. The van der Waals surface area contributed by atoms with Crippen LogP contribution in [-0.4, -0.2) is 62.0 Å². The number of rotatable bonds is 4. The molecule has 23 heavy (non-hydrogen) atoms. The van der Waals surface area contributed by atoms with Gasteiger partial charge in [0.1, 0.15) is 6.61 Å². The van der Waals surface area contributed by atoms with Crippen LogP contribution in [0.1, 0.15) is 44.0 Å². The van der Waals surface area contributed by atoms with Crippen LogP contribution in [0.5, 0.6) is 0 Å². The number of hydrogen-bond donors (Lipinski definition) is 1. The van der Waals surface area contributed by atoms with Crippen molar-refractivity contribution in [1.82, 2.24) is 24.1 Å². The van der Waals surface area contributed by atoms with E-state index in [4.69, 9.17) is 12.2 Å². The summed E-state index contributed by atoms with van der Waals surface area (Å²) in [5.41, 5.74) is 0. The zero-order valence-corrected chi connectivity index (χ0v) is 14.7. The van der Waals surface area contributed by atoms with Gasteiger partial charge in [-0.2, -0.15) is 5.10 Å². The van der Waals surface area contributed by atoms with Crippen LogP contribution in [0.3, 0.4) is 0 Å². The highest BCUT2D eigenvalue weighted by Gasteiger charge is 2.34. The molecule has 0 spiro atoms. The lowest BCUT2D eigenvalue weighted by Crippen LogP contribution is -2.52. The molecule has 6 nitrogen and oxygen atoms in total. The molecule has 2 atom stereocenters. The summed E-state index contributed by atoms with van der Waals surface area (Å²) < 4.78 is 4.77. The van der Waals surface area contributed by atoms with E-state index < -0.39 is 0 Å². The summed E-state index contributed by atoms with van der Waals surface area (Å²) in [5.74, 6) is 1.50. The molecule has 2 saturated heterocycles. The fraction of sp³-hybridized carbons (Fsp3) is 0.875. The van der Waals surface area contributed by atoms with Crippen molar-refractivity contribution < 1.29 is 5.11 Å². The maximum atomic E-state index is 9.56. The molecule has 1 saturated carbocycles. The van der Waals surface area contributed by atoms with E-state index in [2.05, 4.69) is 26.5 Å². The van der Waals surface area contributed by atoms with E-state index >= 15 is 0 Å². The second-order valence-electron chi connectivity index (χ2n) is 7.41. The summed E-state index contributed by atoms with van der Waals surface area (Å²) in [6.07, 6.45) is 6.22. The van der Waals surface area contributed by atoms with Crippen molar-refractivity contribution in [2.45, 2.75) is 57.5 Å². The number of aliphatic hydroxyl groups excluding tert-OH is 1. The topological polar surface area (TPSA) is 49.5 Å². The van der Waals surface area contributed by atoms with Crippen LogP contribution < -0.4 is 0 Å². The lowest BCUT2D eigenvalue weighted by Gasteiger charge is -2.45. The van der Waals surface area contributed by atoms with E-state index in [0.29, 0.717) is 6.04 Å². The number of nitrogens with zero attached hydrogens (tertiary/aromatic N) is 5. The zero-order valence-electron chi connectivity index (χ0n) is 13.9. The van der Waals surface area contributed by atoms with Gasteiger partial charge in [0.25, 0.3) is 0 Å². The fourth-order valence-corrected chi connectivity index (χ4v) is 4.76. The molecule has 4 rings (SSSR count). The van der Waals surface area contributed by atoms with Crippen molar-refractivity contribution in [2.24, 2.45) is 5.92 Å². The Kier molecular flexibility index (Phi) is 4.30. The Morgan fingerprint density at radius 3 is 2.78 bits per heavy atom. The van der Waals surface area contributed by atoms with Crippen molar-refractivity contribution in [3.8, 4) is 0 Å². The van der Waals surface area contributed by atoms with E-state index in [1.807, 2.05) is 4.68 Å². The highest BCUT2D eigenvalue weighted by Crippen LogP contribution is 2.36. The van der Waals surface area contributed by atoms with Gasteiger partial charge in [-0.05, 0) is 63.8 Å². The summed E-state index contributed by atoms with van der Waals surface area (Å²) in [4.78, 5) is 5.03. The molecular weight excluding hydrogens is 310 g/mol. The Labute approximate surface area is 142 Å². The smallest absolute Gasteiger partial charge is 0.199 e. The molecule has 1 aromatic rings. The maximum Gasteiger partial charge on any atom is 0.199 e. The molecule has 1 aliphatic carbocycles. The molecule has 0 amide bonds. The molecule has 7 heteroatoms. The van der Waals surface area contributed by atoms with E-state index in [1.54, 1.807) is 0 Å². The molecule has 1 N–H and O–H groups in total. The molecule has 3 fully saturated rings. The molecule has 2 aliphatic heterocycles. The first-order chi connectivity index (χ1) is 11.2. The average molecular weight is 337 g/mol. The number of aliphatic hydroxyl groups is 1. The van der Waals surface area contributed by atoms with Crippen molar-refractivity contribution >= 4 is 12.2 Å². The number of likely N-dealkylation sites (tertiary alicyclic amines) is 2. The minimum absolute atomic E-state index is 0.0252. The van der Waals surface area contributed by atoms with Gasteiger partial charge in [0, 0.05) is 25.2 Å². The van der Waals surface area contributed by atoms with Crippen LogP contribution in [0.4, 0.5) is 0 Å². The third-order valence-electron chi connectivity index (χ3n) is 5.76. The lowest BCUT2D eigenvalue weighted by molar-refractivity contribution is 0.0237. The van der Waals surface area contributed by atoms with Crippen molar-refractivity contribution in [1.29, 1.82) is 0 Å². The van der Waals surface area contributed by atoms with Gasteiger partial charge in [0.2, 0.25) is 0 Å². The Morgan fingerprint density at radius 2 is 2.04 bits per heavy atom. The first kappa shape index (κ1) is 15.7. The third-order valence-corrected chi connectivity index (χ3v) is 6.17. The monoisotopic (exact) mass is 337 g/mol. The molecular formula is C16H27N5OS. The summed E-state index contributed by atoms with van der Waals surface area (Å²) in [7, 11) is 2.27. The summed E-state index contributed by atoms with van der Waals surface area (Å²) >= 11 is 5.61. The van der Waals surface area contributed by atoms with Crippen molar-refractivity contribution in [2.75, 3.05) is 26.7 Å². The van der Waals surface area contributed by atoms with Crippen molar-refractivity contribution in [3.05, 3.63) is 10.6 Å². The van der Waals surface area contributed by atoms with Gasteiger partial charge in [-0.3, -0.25) is 9.47 Å². The predicted octanol–water partition coefficient (Wildman–Crippen LogP) is 1.61. The second-order valence-corrected chi connectivity index (χ2v) is 7.78. The first-order valence-corrected chi connectivity index (χ1v) is 9.30. The highest BCUT2D eigenvalue weighted by molar-refractivity contribution is 7.71. The highest BCUT2D eigenvalue weighted by atomic mass is 32.1. The average Bonchev–Trinajstić information content (AvgIpc) is 3.33.